The molecule has 0 saturated heterocycles. The van der Waals surface area contributed by atoms with Crippen LogP contribution >= 0.6 is 0 Å². The van der Waals surface area contributed by atoms with Crippen molar-refractivity contribution >= 4 is 10.9 Å². The summed E-state index contributed by atoms with van der Waals surface area (Å²) in [6.45, 7) is 3.63. The second-order valence-corrected chi connectivity index (χ2v) is 5.94. The molecular formula is C18H21N3O. The number of nitrogens with zero attached hydrogens (tertiary/aromatic N) is 1. The van der Waals surface area contributed by atoms with Gasteiger partial charge in [-0.15, -0.1) is 0 Å². The number of nitrogens with one attached hydrogen (secondary N) is 2. The Morgan fingerprint density at radius 2 is 1.95 bits per heavy atom. The third kappa shape index (κ3) is 2.89. The lowest BCUT2D eigenvalue weighted by molar-refractivity contribution is 0.201. The van der Waals surface area contributed by atoms with Gasteiger partial charge in [-0.2, -0.15) is 5.10 Å². The number of rotatable bonds is 6. The molecule has 1 atom stereocenters. The zero-order chi connectivity index (χ0) is 15.4. The number of para-hydroxylation sites is 1. The second kappa shape index (κ2) is 6.30. The van der Waals surface area contributed by atoms with Crippen molar-refractivity contribution in [3.8, 4) is 0 Å². The Bertz CT molecular complexity index is 738. The van der Waals surface area contributed by atoms with E-state index in [2.05, 4.69) is 40.6 Å². The number of aromatic amines is 1. The number of benzene rings is 2. The Kier molecular flexibility index (Phi) is 4.22. The summed E-state index contributed by atoms with van der Waals surface area (Å²) >= 11 is 0. The summed E-state index contributed by atoms with van der Waals surface area (Å²) in [6.07, 6.45) is 1.83. The Labute approximate surface area is 130 Å². The van der Waals surface area contributed by atoms with Gasteiger partial charge >= 0.3 is 0 Å². The van der Waals surface area contributed by atoms with Gasteiger partial charge in [0.2, 0.25) is 0 Å². The molecule has 4 heteroatoms. The molecule has 22 heavy (non-hydrogen) atoms. The maximum Gasteiger partial charge on any atom is 0.0695 e. The van der Waals surface area contributed by atoms with E-state index in [4.69, 9.17) is 0 Å². The molecule has 1 unspecified atom stereocenters. The molecule has 4 nitrogen and oxygen atoms in total. The van der Waals surface area contributed by atoms with Crippen molar-refractivity contribution in [1.29, 1.82) is 0 Å². The molecule has 3 aromatic rings. The molecule has 0 spiro atoms. The zero-order valence-electron chi connectivity index (χ0n) is 12.7. The summed E-state index contributed by atoms with van der Waals surface area (Å²) in [6, 6.07) is 16.3. The summed E-state index contributed by atoms with van der Waals surface area (Å²) in [5, 5.41) is 21.5. The van der Waals surface area contributed by atoms with Gasteiger partial charge in [0.15, 0.2) is 0 Å². The average Bonchev–Trinajstić information content (AvgIpc) is 3.05. The number of H-pyrrole nitrogens is 1. The molecule has 0 fully saturated rings. The number of hydrogen-bond donors (Lipinski definition) is 3. The smallest absolute Gasteiger partial charge is 0.0695 e. The van der Waals surface area contributed by atoms with Gasteiger partial charge in [-0.05, 0) is 11.1 Å². The molecule has 1 aromatic heterocycles. The van der Waals surface area contributed by atoms with Crippen molar-refractivity contribution in [1.82, 2.24) is 15.5 Å². The highest BCUT2D eigenvalue weighted by Crippen LogP contribution is 2.22. The van der Waals surface area contributed by atoms with Crippen molar-refractivity contribution in [3.63, 3.8) is 0 Å². The van der Waals surface area contributed by atoms with Gasteiger partial charge in [0.05, 0.1) is 18.3 Å². The summed E-state index contributed by atoms with van der Waals surface area (Å²) in [4.78, 5) is 0. The van der Waals surface area contributed by atoms with E-state index in [1.54, 1.807) is 0 Å². The predicted molar refractivity (Wildman–Crippen MR) is 88.7 cm³/mol. The second-order valence-electron chi connectivity index (χ2n) is 5.94. The largest absolute Gasteiger partial charge is 0.395 e. The van der Waals surface area contributed by atoms with Crippen LogP contribution in [0, 0.1) is 0 Å². The Balaban J connectivity index is 1.70. The van der Waals surface area contributed by atoms with E-state index in [1.807, 2.05) is 36.5 Å². The molecule has 0 bridgehead atoms. The molecule has 0 aliphatic rings. The van der Waals surface area contributed by atoms with E-state index in [9.17, 15) is 5.11 Å². The fourth-order valence-electron chi connectivity index (χ4n) is 2.74. The third-order valence-corrected chi connectivity index (χ3v) is 4.21. The lowest BCUT2D eigenvalue weighted by Crippen LogP contribution is -2.38. The van der Waals surface area contributed by atoms with Gasteiger partial charge in [0.25, 0.3) is 0 Å². The normalized spacial score (nSPS) is 14.1. The average molecular weight is 295 g/mol. The lowest BCUT2D eigenvalue weighted by atomic mass is 9.83. The molecule has 0 aliphatic carbocycles. The van der Waals surface area contributed by atoms with E-state index in [0.717, 1.165) is 23.0 Å². The van der Waals surface area contributed by atoms with Crippen LogP contribution in [-0.4, -0.2) is 28.5 Å². The van der Waals surface area contributed by atoms with Gasteiger partial charge < -0.3 is 10.4 Å². The van der Waals surface area contributed by atoms with Crippen molar-refractivity contribution in [2.24, 2.45) is 0 Å². The molecule has 1 heterocycles. The van der Waals surface area contributed by atoms with Crippen LogP contribution in [0.4, 0.5) is 0 Å². The molecule has 0 radical (unpaired) electrons. The quantitative estimate of drug-likeness (QED) is 0.655. The zero-order valence-corrected chi connectivity index (χ0v) is 12.7. The van der Waals surface area contributed by atoms with Gasteiger partial charge in [-0.3, -0.25) is 5.10 Å². The van der Waals surface area contributed by atoms with Gasteiger partial charge in [0, 0.05) is 23.9 Å². The Morgan fingerprint density at radius 1 is 1.14 bits per heavy atom. The monoisotopic (exact) mass is 295 g/mol. The Hall–Kier alpha value is -2.17. The van der Waals surface area contributed by atoms with Crippen molar-refractivity contribution < 1.29 is 5.11 Å². The van der Waals surface area contributed by atoms with Crippen LogP contribution in [0.1, 0.15) is 18.1 Å². The summed E-state index contributed by atoms with van der Waals surface area (Å²) in [7, 11) is 0. The molecule has 0 aliphatic heterocycles. The van der Waals surface area contributed by atoms with Crippen molar-refractivity contribution in [2.45, 2.75) is 18.9 Å². The highest BCUT2D eigenvalue weighted by molar-refractivity contribution is 5.81. The van der Waals surface area contributed by atoms with Crippen LogP contribution < -0.4 is 5.32 Å². The van der Waals surface area contributed by atoms with Gasteiger partial charge in [-0.25, -0.2) is 0 Å². The predicted octanol–water partition coefficient (Wildman–Crippen LogP) is 2.60. The van der Waals surface area contributed by atoms with E-state index in [1.165, 1.54) is 5.56 Å². The number of aromatic nitrogens is 2. The summed E-state index contributed by atoms with van der Waals surface area (Å²) in [5.74, 6) is 0. The van der Waals surface area contributed by atoms with E-state index in [0.29, 0.717) is 6.54 Å². The highest BCUT2D eigenvalue weighted by Gasteiger charge is 2.25. The van der Waals surface area contributed by atoms with Crippen LogP contribution in [0.2, 0.25) is 0 Å². The summed E-state index contributed by atoms with van der Waals surface area (Å²) < 4.78 is 0. The lowest BCUT2D eigenvalue weighted by Gasteiger charge is -2.28. The minimum Gasteiger partial charge on any atom is -0.395 e. The van der Waals surface area contributed by atoms with Crippen LogP contribution in [0.15, 0.2) is 54.7 Å². The van der Waals surface area contributed by atoms with E-state index in [-0.39, 0.29) is 12.0 Å². The van der Waals surface area contributed by atoms with Crippen LogP contribution in [0.25, 0.3) is 10.9 Å². The molecule has 0 amide bonds. The standard InChI is InChI=1S/C18H21N3O/c1-18(13-22,16-8-3-2-4-9-16)12-19-10-14-6-5-7-15-11-20-21-17(14)15/h2-9,11,19,22H,10,12-13H2,1H3,(H,20,21). The molecule has 2 aromatic carbocycles. The molecule has 0 saturated carbocycles. The van der Waals surface area contributed by atoms with Crippen LogP contribution in [-0.2, 0) is 12.0 Å². The number of aliphatic hydroxyl groups is 1. The van der Waals surface area contributed by atoms with Gasteiger partial charge in [0.1, 0.15) is 0 Å². The molecular weight excluding hydrogens is 274 g/mol. The Morgan fingerprint density at radius 3 is 2.73 bits per heavy atom. The van der Waals surface area contributed by atoms with Crippen LogP contribution in [0.5, 0.6) is 0 Å². The van der Waals surface area contributed by atoms with Crippen molar-refractivity contribution in [3.05, 3.63) is 65.9 Å². The first-order valence-corrected chi connectivity index (χ1v) is 7.51. The minimum absolute atomic E-state index is 0.109. The number of fused-ring (bicyclic) bond motifs is 1. The van der Waals surface area contributed by atoms with Gasteiger partial charge in [-0.1, -0.05) is 55.5 Å². The highest BCUT2D eigenvalue weighted by atomic mass is 16.3. The fourth-order valence-corrected chi connectivity index (χ4v) is 2.74. The SMILES string of the molecule is CC(CO)(CNCc1cccc2cn[nH]c12)c1ccccc1. The van der Waals surface area contributed by atoms with E-state index < -0.39 is 0 Å². The van der Waals surface area contributed by atoms with Crippen LogP contribution in [0.3, 0.4) is 0 Å². The number of hydrogen-bond acceptors (Lipinski definition) is 3. The fraction of sp³-hybridized carbons (Fsp3) is 0.278. The summed E-state index contributed by atoms with van der Waals surface area (Å²) in [5.41, 5.74) is 3.11. The maximum absolute atomic E-state index is 9.82. The number of aliphatic hydroxyl groups excluding tert-OH is 1. The minimum atomic E-state index is -0.289. The molecule has 3 rings (SSSR count). The third-order valence-electron chi connectivity index (χ3n) is 4.21. The first-order chi connectivity index (χ1) is 10.7. The van der Waals surface area contributed by atoms with Crippen molar-refractivity contribution in [2.75, 3.05) is 13.2 Å². The first-order valence-electron chi connectivity index (χ1n) is 7.51. The topological polar surface area (TPSA) is 60.9 Å². The molecule has 3 N–H and O–H groups in total. The first kappa shape index (κ1) is 14.8. The molecule has 114 valence electrons. The maximum atomic E-state index is 9.82. The van der Waals surface area contributed by atoms with E-state index >= 15 is 0 Å².